The van der Waals surface area contributed by atoms with Gasteiger partial charge < -0.3 is 23.7 Å². The molecule has 0 aliphatic carbocycles. The van der Waals surface area contributed by atoms with E-state index in [2.05, 4.69) is 0 Å². The van der Waals surface area contributed by atoms with Gasteiger partial charge in [-0.05, 0) is 30.7 Å². The lowest BCUT2D eigenvalue weighted by Gasteiger charge is -2.18. The van der Waals surface area contributed by atoms with Crippen LogP contribution in [0.1, 0.15) is 17.7 Å². The van der Waals surface area contributed by atoms with Crippen molar-refractivity contribution in [1.82, 2.24) is 9.47 Å². The molecule has 1 atom stereocenters. The fraction of sp³-hybridized carbons (Fsp3) is 0.429. The van der Waals surface area contributed by atoms with Crippen molar-refractivity contribution in [3.63, 3.8) is 0 Å². The Morgan fingerprint density at radius 1 is 1.14 bits per heavy atom. The first-order valence-electron chi connectivity index (χ1n) is 9.24. The summed E-state index contributed by atoms with van der Waals surface area (Å²) in [6.07, 6.45) is 0.921. The van der Waals surface area contributed by atoms with Crippen molar-refractivity contribution < 1.29 is 19.0 Å². The van der Waals surface area contributed by atoms with E-state index in [1.165, 1.54) is 6.07 Å². The molecular formula is C21H26N2O5. The fourth-order valence-corrected chi connectivity index (χ4v) is 3.33. The summed E-state index contributed by atoms with van der Waals surface area (Å²) in [5.74, 6) is 1.84. The Morgan fingerprint density at radius 2 is 1.89 bits per heavy atom. The predicted molar refractivity (Wildman–Crippen MR) is 105 cm³/mol. The first-order chi connectivity index (χ1) is 13.4. The van der Waals surface area contributed by atoms with Crippen molar-refractivity contribution in [2.75, 3.05) is 27.3 Å². The van der Waals surface area contributed by atoms with Gasteiger partial charge in [0.05, 0.1) is 27.2 Å². The van der Waals surface area contributed by atoms with Gasteiger partial charge in [-0.15, -0.1) is 0 Å². The second-order valence-electron chi connectivity index (χ2n) is 6.96. The molecule has 0 spiro atoms. The van der Waals surface area contributed by atoms with Crippen LogP contribution in [0.25, 0.3) is 0 Å². The van der Waals surface area contributed by atoms with Gasteiger partial charge in [0.15, 0.2) is 11.5 Å². The molecule has 1 aromatic carbocycles. The van der Waals surface area contributed by atoms with Crippen molar-refractivity contribution in [3.05, 3.63) is 51.9 Å². The molecule has 0 radical (unpaired) electrons. The Morgan fingerprint density at radius 3 is 2.57 bits per heavy atom. The highest BCUT2D eigenvalue weighted by molar-refractivity contribution is 5.79. The van der Waals surface area contributed by atoms with Crippen LogP contribution in [0.4, 0.5) is 0 Å². The molecule has 7 heteroatoms. The summed E-state index contributed by atoms with van der Waals surface area (Å²) in [6.45, 7) is 3.02. The molecule has 1 unspecified atom stereocenters. The summed E-state index contributed by atoms with van der Waals surface area (Å²) in [4.78, 5) is 26.4. The highest BCUT2D eigenvalue weighted by Gasteiger charge is 2.28. The van der Waals surface area contributed by atoms with Crippen molar-refractivity contribution in [2.45, 2.75) is 25.9 Å². The molecule has 1 amide bonds. The van der Waals surface area contributed by atoms with Gasteiger partial charge in [0.2, 0.25) is 5.91 Å². The van der Waals surface area contributed by atoms with E-state index in [-0.39, 0.29) is 24.0 Å². The zero-order valence-corrected chi connectivity index (χ0v) is 16.7. The minimum Gasteiger partial charge on any atom is -0.493 e. The molecule has 0 N–H and O–H groups in total. The van der Waals surface area contributed by atoms with Crippen LogP contribution >= 0.6 is 0 Å². The molecule has 28 heavy (non-hydrogen) atoms. The summed E-state index contributed by atoms with van der Waals surface area (Å²) in [7, 11) is 4.88. The first-order valence-corrected chi connectivity index (χ1v) is 9.24. The quantitative estimate of drug-likeness (QED) is 0.759. The molecule has 3 rings (SSSR count). The van der Waals surface area contributed by atoms with E-state index in [0.29, 0.717) is 30.3 Å². The normalized spacial score (nSPS) is 16.1. The first kappa shape index (κ1) is 19.8. The Labute approximate surface area is 164 Å². The van der Waals surface area contributed by atoms with E-state index in [4.69, 9.17) is 14.2 Å². The average molecular weight is 386 g/mol. The molecule has 150 valence electrons. The van der Waals surface area contributed by atoms with Crippen molar-refractivity contribution in [2.24, 2.45) is 7.05 Å². The van der Waals surface area contributed by atoms with Gasteiger partial charge in [-0.25, -0.2) is 0 Å². The summed E-state index contributed by atoms with van der Waals surface area (Å²) >= 11 is 0. The van der Waals surface area contributed by atoms with Crippen LogP contribution in [0.15, 0.2) is 35.1 Å². The lowest BCUT2D eigenvalue weighted by molar-refractivity contribution is -0.129. The second kappa shape index (κ2) is 8.37. The number of rotatable bonds is 6. The number of carbonyl (C=O) groups is 1. The summed E-state index contributed by atoms with van der Waals surface area (Å²) in [5, 5.41) is 0. The molecule has 0 bridgehead atoms. The number of amides is 1. The number of pyridine rings is 1. The lowest BCUT2D eigenvalue weighted by atomic mass is 10.1. The zero-order valence-electron chi connectivity index (χ0n) is 16.7. The van der Waals surface area contributed by atoms with E-state index in [1.807, 2.05) is 25.1 Å². The van der Waals surface area contributed by atoms with Crippen LogP contribution in [0.3, 0.4) is 0 Å². The SMILES string of the molecule is COc1ccc(CC(=O)N2CCC(Oc3cc(C)n(C)c(=O)c3)C2)cc1OC. The third-order valence-corrected chi connectivity index (χ3v) is 5.08. The molecule has 2 aromatic rings. The van der Waals surface area contributed by atoms with Crippen LogP contribution in [0, 0.1) is 6.92 Å². The van der Waals surface area contributed by atoms with E-state index in [1.54, 1.807) is 36.8 Å². The largest absolute Gasteiger partial charge is 0.493 e. The maximum absolute atomic E-state index is 12.7. The number of ether oxygens (including phenoxy) is 3. The average Bonchev–Trinajstić information content (AvgIpc) is 3.14. The van der Waals surface area contributed by atoms with Crippen LogP contribution in [-0.2, 0) is 18.3 Å². The molecule has 7 nitrogen and oxygen atoms in total. The standard InChI is InChI=1S/C21H26N2O5/c1-14-9-17(12-20(24)22(14)2)28-16-7-8-23(13-16)21(25)11-15-5-6-18(26-3)19(10-15)27-4/h5-6,9-10,12,16H,7-8,11,13H2,1-4H3. The Balaban J connectivity index is 1.61. The molecule has 1 fully saturated rings. The summed E-state index contributed by atoms with van der Waals surface area (Å²) < 4.78 is 18.0. The van der Waals surface area contributed by atoms with Crippen molar-refractivity contribution >= 4 is 5.91 Å². The highest BCUT2D eigenvalue weighted by atomic mass is 16.5. The number of nitrogens with zero attached hydrogens (tertiary/aromatic N) is 2. The summed E-state index contributed by atoms with van der Waals surface area (Å²) in [5.41, 5.74) is 1.60. The van der Waals surface area contributed by atoms with E-state index in [9.17, 15) is 9.59 Å². The zero-order chi connectivity index (χ0) is 20.3. The number of likely N-dealkylation sites (tertiary alicyclic amines) is 1. The predicted octanol–water partition coefficient (Wildman–Crippen LogP) is 1.93. The van der Waals surface area contributed by atoms with Crippen molar-refractivity contribution in [3.8, 4) is 17.2 Å². The second-order valence-corrected chi connectivity index (χ2v) is 6.96. The fourth-order valence-electron chi connectivity index (χ4n) is 3.33. The van der Waals surface area contributed by atoms with Crippen LogP contribution in [-0.4, -0.2) is 48.8 Å². The van der Waals surface area contributed by atoms with Gasteiger partial charge in [-0.1, -0.05) is 6.07 Å². The number of carbonyl (C=O) groups excluding carboxylic acids is 1. The smallest absolute Gasteiger partial charge is 0.254 e. The van der Waals surface area contributed by atoms with Crippen molar-refractivity contribution in [1.29, 1.82) is 0 Å². The van der Waals surface area contributed by atoms with Crippen LogP contribution in [0.2, 0.25) is 0 Å². The Kier molecular flexibility index (Phi) is 5.92. The minimum absolute atomic E-state index is 0.0403. The van der Waals surface area contributed by atoms with Gasteiger partial charge in [0.1, 0.15) is 11.9 Å². The number of aromatic nitrogens is 1. The molecule has 1 aromatic heterocycles. The third kappa shape index (κ3) is 4.30. The van der Waals surface area contributed by atoms with Gasteiger partial charge in [-0.3, -0.25) is 9.59 Å². The molecule has 1 aliphatic heterocycles. The Hall–Kier alpha value is -2.96. The van der Waals surface area contributed by atoms with E-state index < -0.39 is 0 Å². The highest BCUT2D eigenvalue weighted by Crippen LogP contribution is 2.28. The van der Waals surface area contributed by atoms with E-state index >= 15 is 0 Å². The van der Waals surface area contributed by atoms with Gasteiger partial charge in [-0.2, -0.15) is 0 Å². The number of benzene rings is 1. The van der Waals surface area contributed by atoms with Gasteiger partial charge in [0.25, 0.3) is 5.56 Å². The maximum Gasteiger partial charge on any atom is 0.254 e. The molecule has 0 saturated carbocycles. The van der Waals surface area contributed by atoms with E-state index in [0.717, 1.165) is 17.7 Å². The summed E-state index contributed by atoms with van der Waals surface area (Å²) in [6, 6.07) is 8.82. The van der Waals surface area contributed by atoms with Gasteiger partial charge >= 0.3 is 0 Å². The van der Waals surface area contributed by atoms with Crippen LogP contribution < -0.4 is 19.8 Å². The van der Waals surface area contributed by atoms with Gasteiger partial charge in [0, 0.05) is 31.8 Å². The molecular weight excluding hydrogens is 360 g/mol. The van der Waals surface area contributed by atoms with Crippen LogP contribution in [0.5, 0.6) is 17.2 Å². The minimum atomic E-state index is -0.110. The topological polar surface area (TPSA) is 70.0 Å². The monoisotopic (exact) mass is 386 g/mol. The lowest BCUT2D eigenvalue weighted by Crippen LogP contribution is -2.32. The number of aryl methyl sites for hydroxylation is 1. The maximum atomic E-state index is 12.7. The molecule has 2 heterocycles. The molecule has 1 aliphatic rings. The third-order valence-electron chi connectivity index (χ3n) is 5.08. The Bertz CT molecular complexity index is 921. The molecule has 1 saturated heterocycles. The number of methoxy groups -OCH3 is 2. The number of hydrogen-bond donors (Lipinski definition) is 0. The number of hydrogen-bond acceptors (Lipinski definition) is 5.